The molecule has 0 aliphatic carbocycles. The SMILES string of the molecule is CC(c1cccc(Cl)c1)N(C)C(=O)c1ccc(CSc2nccn2C)o1. The summed E-state index contributed by atoms with van der Waals surface area (Å²) in [6, 6.07) is 11.0. The van der Waals surface area contributed by atoms with Crippen molar-refractivity contribution in [2.75, 3.05) is 7.05 Å². The van der Waals surface area contributed by atoms with Crippen molar-refractivity contribution in [1.29, 1.82) is 0 Å². The molecule has 26 heavy (non-hydrogen) atoms. The van der Waals surface area contributed by atoms with Gasteiger partial charge in [-0.3, -0.25) is 4.79 Å². The third-order valence-electron chi connectivity index (χ3n) is 4.23. The van der Waals surface area contributed by atoms with Crippen molar-refractivity contribution in [1.82, 2.24) is 14.5 Å². The third-order valence-corrected chi connectivity index (χ3v) is 5.54. The number of rotatable bonds is 6. The molecule has 0 fully saturated rings. The summed E-state index contributed by atoms with van der Waals surface area (Å²) >= 11 is 7.61. The second-order valence-corrected chi connectivity index (χ2v) is 7.40. The van der Waals surface area contributed by atoms with Crippen LogP contribution in [0.5, 0.6) is 0 Å². The molecular weight excluding hydrogens is 370 g/mol. The zero-order valence-corrected chi connectivity index (χ0v) is 16.4. The molecule has 1 atom stereocenters. The van der Waals surface area contributed by atoms with E-state index in [1.165, 1.54) is 0 Å². The molecule has 0 aliphatic rings. The average Bonchev–Trinajstić information content (AvgIpc) is 3.27. The first-order chi connectivity index (χ1) is 12.5. The molecule has 0 saturated carbocycles. The van der Waals surface area contributed by atoms with E-state index in [9.17, 15) is 4.79 Å². The van der Waals surface area contributed by atoms with E-state index < -0.39 is 0 Å². The summed E-state index contributed by atoms with van der Waals surface area (Å²) in [4.78, 5) is 18.6. The maximum Gasteiger partial charge on any atom is 0.289 e. The number of benzene rings is 1. The molecule has 0 radical (unpaired) electrons. The van der Waals surface area contributed by atoms with E-state index >= 15 is 0 Å². The highest BCUT2D eigenvalue weighted by Crippen LogP contribution is 2.25. The summed E-state index contributed by atoms with van der Waals surface area (Å²) in [5.41, 5.74) is 0.977. The minimum absolute atomic E-state index is 0.114. The Morgan fingerprint density at radius 1 is 1.38 bits per heavy atom. The van der Waals surface area contributed by atoms with Crippen LogP contribution in [0, 0.1) is 0 Å². The molecule has 0 saturated heterocycles. The van der Waals surface area contributed by atoms with E-state index in [0.29, 0.717) is 16.5 Å². The van der Waals surface area contributed by atoms with Crippen LogP contribution in [-0.4, -0.2) is 27.4 Å². The van der Waals surface area contributed by atoms with Crippen molar-refractivity contribution < 1.29 is 9.21 Å². The quantitative estimate of drug-likeness (QED) is 0.568. The number of thioether (sulfide) groups is 1. The lowest BCUT2D eigenvalue weighted by atomic mass is 10.1. The lowest BCUT2D eigenvalue weighted by Gasteiger charge is -2.24. The largest absolute Gasteiger partial charge is 0.455 e. The van der Waals surface area contributed by atoms with Gasteiger partial charge in [0.1, 0.15) is 5.76 Å². The summed E-state index contributed by atoms with van der Waals surface area (Å²) in [7, 11) is 3.71. The molecule has 1 aromatic carbocycles. The van der Waals surface area contributed by atoms with Crippen LogP contribution in [0.15, 0.2) is 58.4 Å². The Balaban J connectivity index is 1.66. The Bertz CT molecular complexity index is 906. The van der Waals surface area contributed by atoms with Crippen molar-refractivity contribution in [3.05, 3.63) is 70.9 Å². The highest BCUT2D eigenvalue weighted by molar-refractivity contribution is 7.98. The van der Waals surface area contributed by atoms with Crippen molar-refractivity contribution in [2.24, 2.45) is 7.05 Å². The Labute approximate surface area is 162 Å². The molecule has 5 nitrogen and oxygen atoms in total. The number of aromatic nitrogens is 2. The molecule has 2 aromatic heterocycles. The van der Waals surface area contributed by atoms with Crippen molar-refractivity contribution in [3.63, 3.8) is 0 Å². The minimum Gasteiger partial charge on any atom is -0.455 e. The van der Waals surface area contributed by atoms with Crippen LogP contribution in [-0.2, 0) is 12.8 Å². The van der Waals surface area contributed by atoms with Gasteiger partial charge in [0.25, 0.3) is 5.91 Å². The highest BCUT2D eigenvalue weighted by atomic mass is 35.5. The van der Waals surface area contributed by atoms with Gasteiger partial charge in [0.05, 0.1) is 11.8 Å². The van der Waals surface area contributed by atoms with Crippen LogP contribution >= 0.6 is 23.4 Å². The van der Waals surface area contributed by atoms with Gasteiger partial charge < -0.3 is 13.9 Å². The molecule has 0 spiro atoms. The first kappa shape index (κ1) is 18.6. The Hall–Kier alpha value is -2.18. The molecule has 2 heterocycles. The monoisotopic (exact) mass is 389 g/mol. The number of carbonyl (C=O) groups excluding carboxylic acids is 1. The Morgan fingerprint density at radius 2 is 2.19 bits per heavy atom. The predicted octanol–water partition coefficient (Wildman–Crippen LogP) is 4.79. The molecule has 3 aromatic rings. The van der Waals surface area contributed by atoms with Crippen molar-refractivity contribution in [3.8, 4) is 0 Å². The van der Waals surface area contributed by atoms with Gasteiger partial charge in [0.2, 0.25) is 0 Å². The number of amides is 1. The average molecular weight is 390 g/mol. The molecule has 136 valence electrons. The van der Waals surface area contributed by atoms with Gasteiger partial charge in [0, 0.05) is 31.5 Å². The Morgan fingerprint density at radius 3 is 2.88 bits per heavy atom. The zero-order valence-electron chi connectivity index (χ0n) is 14.8. The minimum atomic E-state index is -0.161. The van der Waals surface area contributed by atoms with Gasteiger partial charge >= 0.3 is 0 Å². The lowest BCUT2D eigenvalue weighted by molar-refractivity contribution is 0.0709. The fourth-order valence-corrected chi connectivity index (χ4v) is 3.56. The number of nitrogens with zero attached hydrogens (tertiary/aromatic N) is 3. The molecule has 7 heteroatoms. The van der Waals surface area contributed by atoms with Gasteiger partial charge in [-0.15, -0.1) is 0 Å². The summed E-state index contributed by atoms with van der Waals surface area (Å²) in [6.07, 6.45) is 3.65. The molecule has 3 rings (SSSR count). The summed E-state index contributed by atoms with van der Waals surface area (Å²) in [5.74, 6) is 1.53. The van der Waals surface area contributed by atoms with Crippen molar-refractivity contribution >= 4 is 29.3 Å². The second kappa shape index (κ2) is 8.01. The molecule has 0 aliphatic heterocycles. The highest BCUT2D eigenvalue weighted by Gasteiger charge is 2.22. The molecule has 0 bridgehead atoms. The van der Waals surface area contributed by atoms with E-state index in [4.69, 9.17) is 16.0 Å². The number of aryl methyl sites for hydroxylation is 1. The fourth-order valence-electron chi connectivity index (χ4n) is 2.54. The number of carbonyl (C=O) groups is 1. The van der Waals surface area contributed by atoms with Gasteiger partial charge in [-0.2, -0.15) is 0 Å². The van der Waals surface area contributed by atoms with Crippen LogP contribution in [0.3, 0.4) is 0 Å². The molecule has 0 N–H and O–H groups in total. The standard InChI is InChI=1S/C19H20ClN3O2S/c1-13(14-5-4-6-15(20)11-14)23(3)18(24)17-8-7-16(25-17)12-26-19-21-9-10-22(19)2/h4-11,13H,12H2,1-3H3. The number of hydrogen-bond donors (Lipinski definition) is 0. The van der Waals surface area contributed by atoms with Crippen molar-refractivity contribution in [2.45, 2.75) is 23.9 Å². The van der Waals surface area contributed by atoms with Crippen LogP contribution in [0.1, 0.15) is 34.8 Å². The molecule has 1 amide bonds. The van der Waals surface area contributed by atoms with Crippen LogP contribution < -0.4 is 0 Å². The van der Waals surface area contributed by atoms with Gasteiger partial charge in [0.15, 0.2) is 10.9 Å². The van der Waals surface area contributed by atoms with Gasteiger partial charge in [-0.05, 0) is 36.8 Å². The van der Waals surface area contributed by atoms with Crippen LogP contribution in [0.25, 0.3) is 0 Å². The first-order valence-electron chi connectivity index (χ1n) is 8.17. The third kappa shape index (κ3) is 4.14. The summed E-state index contributed by atoms with van der Waals surface area (Å²) in [5, 5.41) is 1.56. The second-order valence-electron chi connectivity index (χ2n) is 6.02. The van der Waals surface area contributed by atoms with Crippen LogP contribution in [0.2, 0.25) is 5.02 Å². The lowest BCUT2D eigenvalue weighted by Crippen LogP contribution is -2.29. The van der Waals surface area contributed by atoms with Gasteiger partial charge in [-0.1, -0.05) is 35.5 Å². The van der Waals surface area contributed by atoms with E-state index in [1.807, 2.05) is 55.1 Å². The van der Waals surface area contributed by atoms with Crippen LogP contribution in [0.4, 0.5) is 0 Å². The smallest absolute Gasteiger partial charge is 0.289 e. The molecular formula is C19H20ClN3O2S. The Kier molecular flexibility index (Phi) is 5.74. The summed E-state index contributed by atoms with van der Waals surface area (Å²) in [6.45, 7) is 1.96. The predicted molar refractivity (Wildman–Crippen MR) is 103 cm³/mol. The van der Waals surface area contributed by atoms with Gasteiger partial charge in [-0.25, -0.2) is 4.98 Å². The van der Waals surface area contributed by atoms with E-state index in [2.05, 4.69) is 4.98 Å². The maximum absolute atomic E-state index is 12.7. The van der Waals surface area contributed by atoms with E-state index in [-0.39, 0.29) is 11.9 Å². The maximum atomic E-state index is 12.7. The van der Waals surface area contributed by atoms with E-state index in [0.717, 1.165) is 16.5 Å². The fraction of sp³-hybridized carbons (Fsp3) is 0.263. The number of furan rings is 1. The number of halogens is 1. The number of hydrogen-bond acceptors (Lipinski definition) is 4. The van der Waals surface area contributed by atoms with E-state index in [1.54, 1.807) is 36.0 Å². The normalized spacial score (nSPS) is 12.2. The zero-order chi connectivity index (χ0) is 18.7. The topological polar surface area (TPSA) is 51.3 Å². The molecule has 1 unspecified atom stereocenters. The summed E-state index contributed by atoms with van der Waals surface area (Å²) < 4.78 is 7.68. The number of imidazole rings is 1. The first-order valence-corrected chi connectivity index (χ1v) is 9.53.